The van der Waals surface area contributed by atoms with E-state index < -0.39 is 32.6 Å². The fourth-order valence-corrected chi connectivity index (χ4v) is 4.52. The van der Waals surface area contributed by atoms with E-state index in [1.807, 2.05) is 0 Å². The molecule has 1 fully saturated rings. The van der Waals surface area contributed by atoms with Crippen molar-refractivity contribution in [2.24, 2.45) is 5.92 Å². The summed E-state index contributed by atoms with van der Waals surface area (Å²) in [7, 11) is -2.61. The third-order valence-corrected chi connectivity index (χ3v) is 6.57. The van der Waals surface area contributed by atoms with Crippen molar-refractivity contribution in [1.29, 1.82) is 0 Å². The van der Waals surface area contributed by atoms with Crippen molar-refractivity contribution >= 4 is 21.8 Å². The molecule has 2 amide bonds. The molecule has 1 aromatic rings. The molecule has 1 aromatic carbocycles. The number of nitrogens with zero attached hydrogens (tertiary/aromatic N) is 1. The van der Waals surface area contributed by atoms with Crippen molar-refractivity contribution in [3.8, 4) is 0 Å². The van der Waals surface area contributed by atoms with Gasteiger partial charge in [-0.05, 0) is 31.0 Å². The van der Waals surface area contributed by atoms with Gasteiger partial charge in [0, 0.05) is 32.7 Å². The molecule has 12 heteroatoms. The minimum Gasteiger partial charge on any atom is -0.383 e. The molecule has 2 N–H and O–H groups in total. The summed E-state index contributed by atoms with van der Waals surface area (Å²) in [5.41, 5.74) is -1.04. The number of alkyl halides is 3. The zero-order valence-electron chi connectivity index (χ0n) is 16.4. The first-order valence-electron chi connectivity index (χ1n) is 9.26. The summed E-state index contributed by atoms with van der Waals surface area (Å²) in [4.78, 5) is 23.4. The number of sulfonamides is 1. The van der Waals surface area contributed by atoms with Crippen LogP contribution in [0.4, 0.5) is 13.2 Å². The molecule has 0 spiro atoms. The molecule has 0 saturated carbocycles. The van der Waals surface area contributed by atoms with Crippen molar-refractivity contribution in [1.82, 2.24) is 14.9 Å². The van der Waals surface area contributed by atoms with E-state index in [9.17, 15) is 31.2 Å². The molecular formula is C18H24F3N3O5S. The molecule has 1 heterocycles. The van der Waals surface area contributed by atoms with E-state index >= 15 is 0 Å². The number of hydrogen-bond acceptors (Lipinski definition) is 5. The Morgan fingerprint density at radius 1 is 1.20 bits per heavy atom. The summed E-state index contributed by atoms with van der Waals surface area (Å²) in [5, 5.41) is 5.06. The first-order chi connectivity index (χ1) is 14.1. The maximum atomic E-state index is 12.9. The summed E-state index contributed by atoms with van der Waals surface area (Å²) in [6.07, 6.45) is -4.24. The average Bonchev–Trinajstić information content (AvgIpc) is 2.72. The number of halogens is 3. The van der Waals surface area contributed by atoms with Crippen molar-refractivity contribution in [3.05, 3.63) is 29.8 Å². The molecule has 168 valence electrons. The molecule has 0 aromatic heterocycles. The average molecular weight is 451 g/mol. The zero-order chi connectivity index (χ0) is 22.4. The highest BCUT2D eigenvalue weighted by molar-refractivity contribution is 7.89. The van der Waals surface area contributed by atoms with Crippen LogP contribution >= 0.6 is 0 Å². The summed E-state index contributed by atoms with van der Waals surface area (Å²) in [5.74, 6) is -1.22. The van der Waals surface area contributed by atoms with Crippen LogP contribution in [0, 0.1) is 5.92 Å². The van der Waals surface area contributed by atoms with Crippen molar-refractivity contribution in [2.45, 2.75) is 23.9 Å². The van der Waals surface area contributed by atoms with Gasteiger partial charge >= 0.3 is 6.18 Å². The largest absolute Gasteiger partial charge is 0.416 e. The first-order valence-corrected chi connectivity index (χ1v) is 10.7. The fraction of sp³-hybridized carbons (Fsp3) is 0.556. The maximum absolute atomic E-state index is 12.9. The van der Waals surface area contributed by atoms with E-state index in [-0.39, 0.29) is 44.3 Å². The SMILES string of the molecule is COCCNC(=O)CNC(=O)C1CCN(S(=O)(=O)c2cccc(C(F)(F)F)c2)CC1. The number of amides is 2. The van der Waals surface area contributed by atoms with Gasteiger partial charge in [-0.15, -0.1) is 0 Å². The van der Waals surface area contributed by atoms with Gasteiger partial charge in [0.25, 0.3) is 0 Å². The van der Waals surface area contributed by atoms with Crippen LogP contribution in [-0.2, 0) is 30.5 Å². The standard InChI is InChI=1S/C18H24F3N3O5S/c1-29-10-7-22-16(25)12-23-17(26)13-5-8-24(9-6-13)30(27,28)15-4-2-3-14(11-15)18(19,20)21/h2-4,11,13H,5-10,12H2,1H3,(H,22,25)(H,23,26). The lowest BCUT2D eigenvalue weighted by atomic mass is 9.97. The van der Waals surface area contributed by atoms with Crippen LogP contribution < -0.4 is 10.6 Å². The summed E-state index contributed by atoms with van der Waals surface area (Å²) in [6.45, 7) is 0.453. The lowest BCUT2D eigenvalue weighted by Crippen LogP contribution is -2.45. The van der Waals surface area contributed by atoms with Gasteiger partial charge in [0.2, 0.25) is 21.8 Å². The van der Waals surface area contributed by atoms with E-state index in [0.717, 1.165) is 22.5 Å². The second-order valence-corrected chi connectivity index (χ2v) is 8.70. The van der Waals surface area contributed by atoms with Crippen LogP contribution in [0.5, 0.6) is 0 Å². The Bertz CT molecular complexity index is 853. The normalized spacial score (nSPS) is 16.3. The molecule has 0 aliphatic carbocycles. The van der Waals surface area contributed by atoms with Crippen molar-refractivity contribution in [2.75, 3.05) is 39.9 Å². The zero-order valence-corrected chi connectivity index (χ0v) is 17.2. The topological polar surface area (TPSA) is 105 Å². The molecule has 0 atom stereocenters. The Balaban J connectivity index is 1.90. The van der Waals surface area contributed by atoms with Crippen LogP contribution in [-0.4, -0.2) is 64.4 Å². The molecule has 1 saturated heterocycles. The molecular weight excluding hydrogens is 427 g/mol. The minimum absolute atomic E-state index is 0.00327. The third kappa shape index (κ3) is 6.41. The molecule has 1 aliphatic heterocycles. The van der Waals surface area contributed by atoms with Gasteiger partial charge in [0.05, 0.1) is 23.6 Å². The first kappa shape index (κ1) is 24.1. The van der Waals surface area contributed by atoms with E-state index in [1.165, 1.54) is 7.11 Å². The number of hydrogen-bond donors (Lipinski definition) is 2. The van der Waals surface area contributed by atoms with Crippen LogP contribution in [0.1, 0.15) is 18.4 Å². The third-order valence-electron chi connectivity index (χ3n) is 4.68. The Morgan fingerprint density at radius 2 is 1.87 bits per heavy atom. The highest BCUT2D eigenvalue weighted by atomic mass is 32.2. The van der Waals surface area contributed by atoms with Crippen molar-refractivity contribution in [3.63, 3.8) is 0 Å². The molecule has 0 bridgehead atoms. The van der Waals surface area contributed by atoms with Gasteiger partial charge < -0.3 is 15.4 Å². The second kappa shape index (κ2) is 10.2. The van der Waals surface area contributed by atoms with Crippen LogP contribution in [0.3, 0.4) is 0 Å². The predicted molar refractivity (Wildman–Crippen MR) is 101 cm³/mol. The van der Waals surface area contributed by atoms with Gasteiger partial charge in [-0.2, -0.15) is 17.5 Å². The summed E-state index contributed by atoms with van der Waals surface area (Å²) >= 11 is 0. The number of nitrogens with one attached hydrogen (secondary N) is 2. The molecule has 1 aliphatic rings. The number of carbonyl (C=O) groups is 2. The van der Waals surface area contributed by atoms with Gasteiger partial charge in [-0.3, -0.25) is 9.59 Å². The lowest BCUT2D eigenvalue weighted by Gasteiger charge is -2.30. The number of ether oxygens (including phenoxy) is 1. The molecule has 2 rings (SSSR count). The number of carbonyl (C=O) groups excluding carboxylic acids is 2. The maximum Gasteiger partial charge on any atom is 0.416 e. The number of benzene rings is 1. The molecule has 0 radical (unpaired) electrons. The van der Waals surface area contributed by atoms with E-state index in [2.05, 4.69) is 10.6 Å². The molecule has 30 heavy (non-hydrogen) atoms. The van der Waals surface area contributed by atoms with E-state index in [0.29, 0.717) is 19.2 Å². The van der Waals surface area contributed by atoms with E-state index in [4.69, 9.17) is 4.74 Å². The quantitative estimate of drug-likeness (QED) is 0.574. The van der Waals surface area contributed by atoms with Crippen LogP contribution in [0.15, 0.2) is 29.2 Å². The van der Waals surface area contributed by atoms with Crippen LogP contribution in [0.25, 0.3) is 0 Å². The molecule has 0 unspecified atom stereocenters. The summed E-state index contributed by atoms with van der Waals surface area (Å²) < 4.78 is 69.8. The van der Waals surface area contributed by atoms with Crippen molar-refractivity contribution < 1.29 is 35.9 Å². The van der Waals surface area contributed by atoms with Gasteiger partial charge in [-0.1, -0.05) is 6.07 Å². The number of piperidine rings is 1. The highest BCUT2D eigenvalue weighted by Crippen LogP contribution is 2.32. The number of rotatable bonds is 8. The van der Waals surface area contributed by atoms with Gasteiger partial charge in [0.1, 0.15) is 0 Å². The Kier molecular flexibility index (Phi) is 8.21. The fourth-order valence-electron chi connectivity index (χ4n) is 3.01. The second-order valence-electron chi connectivity index (χ2n) is 6.76. The van der Waals surface area contributed by atoms with Crippen LogP contribution in [0.2, 0.25) is 0 Å². The monoisotopic (exact) mass is 451 g/mol. The Labute approximate surface area is 172 Å². The highest BCUT2D eigenvalue weighted by Gasteiger charge is 2.35. The molecule has 8 nitrogen and oxygen atoms in total. The van der Waals surface area contributed by atoms with Gasteiger partial charge in [-0.25, -0.2) is 8.42 Å². The lowest BCUT2D eigenvalue weighted by molar-refractivity contribution is -0.137. The summed E-state index contributed by atoms with van der Waals surface area (Å²) in [6, 6.07) is 3.58. The minimum atomic E-state index is -4.65. The smallest absolute Gasteiger partial charge is 0.383 e. The predicted octanol–water partition coefficient (Wildman–Crippen LogP) is 0.985. The number of methoxy groups -OCH3 is 1. The Morgan fingerprint density at radius 3 is 2.47 bits per heavy atom. The Hall–Kier alpha value is -2.18. The van der Waals surface area contributed by atoms with E-state index in [1.54, 1.807) is 0 Å². The van der Waals surface area contributed by atoms with Gasteiger partial charge in [0.15, 0.2) is 0 Å².